The second kappa shape index (κ2) is 6.35. The standard InChI is InChI=1S/C20H16FN3O3/c1-10(11-2-4-16-12(6-11)7-18(25)23-16)22-20(27)15-9-19(26)24-17-5-3-13(21)8-14(15)17/h2-6,8-10H,7H2,1H3,(H,22,27)(H,23,25)(H,24,26). The summed E-state index contributed by atoms with van der Waals surface area (Å²) in [5.41, 5.74) is 2.55. The molecule has 1 unspecified atom stereocenters. The van der Waals surface area contributed by atoms with Crippen molar-refractivity contribution in [1.82, 2.24) is 10.3 Å². The number of benzene rings is 2. The second-order valence-electron chi connectivity index (χ2n) is 6.57. The highest BCUT2D eigenvalue weighted by Gasteiger charge is 2.20. The molecule has 7 heteroatoms. The Bertz CT molecular complexity index is 1150. The topological polar surface area (TPSA) is 91.1 Å². The zero-order valence-electron chi connectivity index (χ0n) is 14.4. The summed E-state index contributed by atoms with van der Waals surface area (Å²) in [5.74, 6) is -1.03. The third-order valence-electron chi connectivity index (χ3n) is 4.65. The summed E-state index contributed by atoms with van der Waals surface area (Å²) in [6.45, 7) is 1.81. The molecule has 0 saturated heterocycles. The predicted octanol–water partition coefficient (Wildman–Crippen LogP) is 2.65. The number of anilines is 1. The monoisotopic (exact) mass is 365 g/mol. The first-order valence-electron chi connectivity index (χ1n) is 8.47. The van der Waals surface area contributed by atoms with E-state index in [4.69, 9.17) is 0 Å². The largest absolute Gasteiger partial charge is 0.345 e. The Morgan fingerprint density at radius 1 is 1.15 bits per heavy atom. The number of H-pyrrole nitrogens is 1. The molecule has 6 nitrogen and oxygen atoms in total. The van der Waals surface area contributed by atoms with E-state index in [-0.39, 0.29) is 17.5 Å². The Labute approximate surface area is 153 Å². The van der Waals surface area contributed by atoms with Crippen LogP contribution < -0.4 is 16.2 Å². The maximum Gasteiger partial charge on any atom is 0.252 e. The van der Waals surface area contributed by atoms with Crippen molar-refractivity contribution in [2.75, 3.05) is 5.32 Å². The van der Waals surface area contributed by atoms with Gasteiger partial charge in [0.1, 0.15) is 5.82 Å². The number of aromatic amines is 1. The Morgan fingerprint density at radius 2 is 1.96 bits per heavy atom. The van der Waals surface area contributed by atoms with Crippen molar-refractivity contribution in [3.8, 4) is 0 Å². The maximum atomic E-state index is 13.6. The zero-order valence-corrected chi connectivity index (χ0v) is 14.4. The van der Waals surface area contributed by atoms with Gasteiger partial charge in [-0.15, -0.1) is 0 Å². The molecule has 3 N–H and O–H groups in total. The third-order valence-corrected chi connectivity index (χ3v) is 4.65. The van der Waals surface area contributed by atoms with Crippen molar-refractivity contribution in [2.45, 2.75) is 19.4 Å². The number of aromatic nitrogens is 1. The fraction of sp³-hybridized carbons (Fsp3) is 0.150. The molecule has 0 spiro atoms. The summed E-state index contributed by atoms with van der Waals surface area (Å²) in [4.78, 5) is 38.7. The van der Waals surface area contributed by atoms with Crippen LogP contribution in [-0.4, -0.2) is 16.8 Å². The van der Waals surface area contributed by atoms with E-state index in [1.54, 1.807) is 13.0 Å². The minimum atomic E-state index is -0.493. The first kappa shape index (κ1) is 17.0. The van der Waals surface area contributed by atoms with Gasteiger partial charge in [0.15, 0.2) is 0 Å². The first-order chi connectivity index (χ1) is 12.9. The van der Waals surface area contributed by atoms with E-state index in [1.807, 2.05) is 12.1 Å². The summed E-state index contributed by atoms with van der Waals surface area (Å²) in [7, 11) is 0. The SMILES string of the molecule is CC(NC(=O)c1cc(=O)[nH]c2ccc(F)cc12)c1ccc2c(c1)CC(=O)N2. The number of halogens is 1. The van der Waals surface area contributed by atoms with Crippen LogP contribution in [0.2, 0.25) is 0 Å². The van der Waals surface area contributed by atoms with Gasteiger partial charge in [0, 0.05) is 22.7 Å². The van der Waals surface area contributed by atoms with Gasteiger partial charge in [0.2, 0.25) is 11.5 Å². The summed E-state index contributed by atoms with van der Waals surface area (Å²) in [6, 6.07) is 10.2. The van der Waals surface area contributed by atoms with Gasteiger partial charge in [-0.2, -0.15) is 0 Å². The lowest BCUT2D eigenvalue weighted by atomic mass is 10.0. The van der Waals surface area contributed by atoms with Crippen LogP contribution in [0.1, 0.15) is 34.5 Å². The van der Waals surface area contributed by atoms with Crippen LogP contribution >= 0.6 is 0 Å². The van der Waals surface area contributed by atoms with Crippen LogP contribution in [0.25, 0.3) is 10.9 Å². The highest BCUT2D eigenvalue weighted by Crippen LogP contribution is 2.26. The van der Waals surface area contributed by atoms with Crippen molar-refractivity contribution >= 4 is 28.4 Å². The van der Waals surface area contributed by atoms with Crippen molar-refractivity contribution in [1.29, 1.82) is 0 Å². The molecule has 4 rings (SSSR count). The number of pyridine rings is 1. The molecule has 136 valence electrons. The average molecular weight is 365 g/mol. The van der Waals surface area contributed by atoms with E-state index >= 15 is 0 Å². The van der Waals surface area contributed by atoms with E-state index < -0.39 is 17.3 Å². The Hall–Kier alpha value is -3.48. The van der Waals surface area contributed by atoms with Crippen molar-refractivity contribution in [3.63, 3.8) is 0 Å². The van der Waals surface area contributed by atoms with Crippen LogP contribution in [0.5, 0.6) is 0 Å². The van der Waals surface area contributed by atoms with Crippen molar-refractivity contribution < 1.29 is 14.0 Å². The quantitative estimate of drug-likeness (QED) is 0.666. The molecule has 0 radical (unpaired) electrons. The minimum absolute atomic E-state index is 0.0594. The Balaban J connectivity index is 1.64. The van der Waals surface area contributed by atoms with Crippen LogP contribution in [0, 0.1) is 5.82 Å². The highest BCUT2D eigenvalue weighted by molar-refractivity contribution is 6.06. The van der Waals surface area contributed by atoms with Gasteiger partial charge in [0.05, 0.1) is 18.0 Å². The maximum absolute atomic E-state index is 13.6. The summed E-state index contributed by atoms with van der Waals surface area (Å²) in [5, 5.41) is 5.93. The number of amides is 2. The van der Waals surface area contributed by atoms with Gasteiger partial charge in [-0.1, -0.05) is 12.1 Å². The molecule has 2 heterocycles. The fourth-order valence-corrected chi connectivity index (χ4v) is 3.29. The van der Waals surface area contributed by atoms with E-state index in [2.05, 4.69) is 15.6 Å². The van der Waals surface area contributed by atoms with Gasteiger partial charge in [-0.3, -0.25) is 14.4 Å². The van der Waals surface area contributed by atoms with Gasteiger partial charge in [-0.25, -0.2) is 4.39 Å². The molecular weight excluding hydrogens is 349 g/mol. The van der Waals surface area contributed by atoms with E-state index in [1.165, 1.54) is 18.2 Å². The summed E-state index contributed by atoms with van der Waals surface area (Å²) < 4.78 is 13.6. The Kier molecular flexibility index (Phi) is 3.99. The number of rotatable bonds is 3. The lowest BCUT2D eigenvalue weighted by Gasteiger charge is -2.16. The zero-order chi connectivity index (χ0) is 19.1. The summed E-state index contributed by atoms with van der Waals surface area (Å²) >= 11 is 0. The number of carbonyl (C=O) groups is 2. The lowest BCUT2D eigenvalue weighted by Crippen LogP contribution is -2.28. The average Bonchev–Trinajstić information content (AvgIpc) is 3.00. The van der Waals surface area contributed by atoms with Crippen LogP contribution in [0.15, 0.2) is 47.3 Å². The molecule has 1 aromatic heterocycles. The molecule has 2 amide bonds. The van der Waals surface area contributed by atoms with Crippen molar-refractivity contribution in [3.05, 3.63) is 75.3 Å². The molecule has 1 aliphatic rings. The molecule has 0 aliphatic carbocycles. The Morgan fingerprint density at radius 3 is 2.78 bits per heavy atom. The summed E-state index contributed by atoms with van der Waals surface area (Å²) in [6.07, 6.45) is 0.307. The minimum Gasteiger partial charge on any atom is -0.345 e. The first-order valence-corrected chi connectivity index (χ1v) is 8.47. The van der Waals surface area contributed by atoms with Gasteiger partial charge >= 0.3 is 0 Å². The van der Waals surface area contributed by atoms with Crippen LogP contribution in [0.4, 0.5) is 10.1 Å². The van der Waals surface area contributed by atoms with Crippen LogP contribution in [-0.2, 0) is 11.2 Å². The number of fused-ring (bicyclic) bond motifs is 2. The normalized spacial score (nSPS) is 13.9. The molecule has 0 fully saturated rings. The highest BCUT2D eigenvalue weighted by atomic mass is 19.1. The third kappa shape index (κ3) is 3.19. The molecule has 27 heavy (non-hydrogen) atoms. The molecule has 2 aromatic carbocycles. The van der Waals surface area contributed by atoms with Gasteiger partial charge in [0.25, 0.3) is 5.91 Å². The number of hydrogen-bond donors (Lipinski definition) is 3. The predicted molar refractivity (Wildman–Crippen MR) is 99.2 cm³/mol. The van der Waals surface area contributed by atoms with Gasteiger partial charge in [-0.05, 0) is 42.3 Å². The second-order valence-corrected chi connectivity index (χ2v) is 6.57. The molecule has 0 saturated carbocycles. The molecule has 3 aromatic rings. The lowest BCUT2D eigenvalue weighted by molar-refractivity contribution is -0.115. The van der Waals surface area contributed by atoms with E-state index in [0.717, 1.165) is 22.9 Å². The van der Waals surface area contributed by atoms with Crippen molar-refractivity contribution in [2.24, 2.45) is 0 Å². The molecule has 1 atom stereocenters. The number of hydrogen-bond acceptors (Lipinski definition) is 3. The van der Waals surface area contributed by atoms with Gasteiger partial charge < -0.3 is 15.6 Å². The smallest absolute Gasteiger partial charge is 0.252 e. The van der Waals surface area contributed by atoms with Crippen LogP contribution in [0.3, 0.4) is 0 Å². The molecular formula is C20H16FN3O3. The number of nitrogens with one attached hydrogen (secondary N) is 3. The fourth-order valence-electron chi connectivity index (χ4n) is 3.29. The van der Waals surface area contributed by atoms with E-state index in [0.29, 0.717) is 17.3 Å². The molecule has 1 aliphatic heterocycles. The number of carbonyl (C=O) groups excluding carboxylic acids is 2. The van der Waals surface area contributed by atoms with E-state index in [9.17, 15) is 18.8 Å². The molecule has 0 bridgehead atoms.